The van der Waals surface area contributed by atoms with Crippen LogP contribution in [0.2, 0.25) is 0 Å². The molecule has 2 heterocycles. The Morgan fingerprint density at radius 2 is 2.00 bits per heavy atom. The highest BCUT2D eigenvalue weighted by Crippen LogP contribution is 2.28. The molecule has 2 aromatic rings. The molecular weight excluding hydrogens is 269 g/mol. The standard InChI is InChI=1S/C13H11F3N4/c1-2-3-4-7-20-18-9-11(19-20)10-5-6-12(17-8-10)13(14,15)16/h5-6,8-9H,2,7H2,1H3. The van der Waals surface area contributed by atoms with Crippen LogP contribution in [0.1, 0.15) is 19.0 Å². The molecule has 0 atom stereocenters. The minimum atomic E-state index is -4.44. The van der Waals surface area contributed by atoms with Crippen molar-refractivity contribution < 1.29 is 13.2 Å². The van der Waals surface area contributed by atoms with E-state index >= 15 is 0 Å². The minimum Gasteiger partial charge on any atom is -0.251 e. The van der Waals surface area contributed by atoms with Gasteiger partial charge in [0.05, 0.1) is 6.20 Å². The van der Waals surface area contributed by atoms with Gasteiger partial charge in [0.1, 0.15) is 17.9 Å². The van der Waals surface area contributed by atoms with Crippen LogP contribution in [-0.2, 0) is 12.7 Å². The van der Waals surface area contributed by atoms with Crippen molar-refractivity contribution in [2.24, 2.45) is 0 Å². The Balaban J connectivity index is 2.16. The number of nitrogens with zero attached hydrogens (tertiary/aromatic N) is 4. The molecule has 0 aliphatic rings. The van der Waals surface area contributed by atoms with Crippen molar-refractivity contribution in [3.63, 3.8) is 0 Å². The first-order chi connectivity index (χ1) is 9.50. The molecule has 0 aliphatic carbocycles. The molecule has 2 aromatic heterocycles. The zero-order chi connectivity index (χ0) is 14.6. The molecular formula is C13H11F3N4. The molecule has 0 amide bonds. The van der Waals surface area contributed by atoms with Crippen LogP contribution in [0.25, 0.3) is 11.3 Å². The summed E-state index contributed by atoms with van der Waals surface area (Å²) >= 11 is 0. The fourth-order valence-corrected chi connectivity index (χ4v) is 1.47. The van der Waals surface area contributed by atoms with E-state index in [2.05, 4.69) is 27.0 Å². The minimum absolute atomic E-state index is 0.349. The summed E-state index contributed by atoms with van der Waals surface area (Å²) in [7, 11) is 0. The normalized spacial score (nSPS) is 11.0. The number of aromatic nitrogens is 4. The van der Waals surface area contributed by atoms with Gasteiger partial charge in [-0.15, -0.1) is 5.92 Å². The number of hydrogen-bond donors (Lipinski definition) is 0. The molecule has 0 saturated heterocycles. The van der Waals surface area contributed by atoms with Crippen LogP contribution in [-0.4, -0.2) is 20.0 Å². The Kier molecular flexibility index (Phi) is 4.03. The van der Waals surface area contributed by atoms with Crippen molar-refractivity contribution in [3.8, 4) is 23.1 Å². The van der Waals surface area contributed by atoms with Gasteiger partial charge in [-0.25, -0.2) is 0 Å². The lowest BCUT2D eigenvalue weighted by Gasteiger charge is -2.04. The van der Waals surface area contributed by atoms with Gasteiger partial charge in [-0.05, 0) is 12.1 Å². The van der Waals surface area contributed by atoms with E-state index < -0.39 is 11.9 Å². The largest absolute Gasteiger partial charge is 0.433 e. The van der Waals surface area contributed by atoms with Crippen molar-refractivity contribution in [1.82, 2.24) is 20.0 Å². The first-order valence-corrected chi connectivity index (χ1v) is 5.90. The fourth-order valence-electron chi connectivity index (χ4n) is 1.47. The predicted octanol–water partition coefficient (Wildman–Crippen LogP) is 2.77. The van der Waals surface area contributed by atoms with Crippen molar-refractivity contribution in [1.29, 1.82) is 0 Å². The van der Waals surface area contributed by atoms with E-state index in [1.165, 1.54) is 17.1 Å². The van der Waals surface area contributed by atoms with Crippen LogP contribution in [0, 0.1) is 11.8 Å². The molecule has 0 spiro atoms. The third-order valence-electron chi connectivity index (χ3n) is 2.41. The summed E-state index contributed by atoms with van der Waals surface area (Å²) in [6.07, 6.45) is -1.09. The summed E-state index contributed by atoms with van der Waals surface area (Å²) in [4.78, 5) is 4.77. The Morgan fingerprint density at radius 3 is 2.60 bits per heavy atom. The number of rotatable bonds is 2. The van der Waals surface area contributed by atoms with Crippen LogP contribution in [0.15, 0.2) is 24.5 Å². The predicted molar refractivity (Wildman–Crippen MR) is 66.3 cm³/mol. The van der Waals surface area contributed by atoms with Gasteiger partial charge in [0.2, 0.25) is 0 Å². The van der Waals surface area contributed by atoms with E-state index in [4.69, 9.17) is 0 Å². The topological polar surface area (TPSA) is 43.6 Å². The van der Waals surface area contributed by atoms with Gasteiger partial charge in [0, 0.05) is 18.2 Å². The van der Waals surface area contributed by atoms with Crippen molar-refractivity contribution >= 4 is 0 Å². The molecule has 104 valence electrons. The lowest BCUT2D eigenvalue weighted by molar-refractivity contribution is -0.141. The Bertz CT molecular complexity index is 632. The monoisotopic (exact) mass is 280 g/mol. The molecule has 0 radical (unpaired) electrons. The molecule has 0 N–H and O–H groups in total. The quantitative estimate of drug-likeness (QED) is 0.794. The molecule has 4 nitrogen and oxygen atoms in total. The van der Waals surface area contributed by atoms with Crippen molar-refractivity contribution in [2.45, 2.75) is 26.1 Å². The van der Waals surface area contributed by atoms with Crippen LogP contribution >= 0.6 is 0 Å². The third-order valence-corrected chi connectivity index (χ3v) is 2.41. The van der Waals surface area contributed by atoms with Crippen LogP contribution in [0.5, 0.6) is 0 Å². The first kappa shape index (κ1) is 14.1. The second kappa shape index (κ2) is 5.74. The molecule has 2 rings (SSSR count). The Morgan fingerprint density at radius 1 is 1.20 bits per heavy atom. The summed E-state index contributed by atoms with van der Waals surface area (Å²) in [5, 5.41) is 8.11. The van der Waals surface area contributed by atoms with Crippen molar-refractivity contribution in [3.05, 3.63) is 30.2 Å². The fraction of sp³-hybridized carbons (Fsp3) is 0.308. The van der Waals surface area contributed by atoms with Gasteiger partial charge < -0.3 is 0 Å². The van der Waals surface area contributed by atoms with Gasteiger partial charge in [0.25, 0.3) is 0 Å². The Labute approximate surface area is 113 Å². The van der Waals surface area contributed by atoms with Crippen LogP contribution in [0.4, 0.5) is 13.2 Å². The lowest BCUT2D eigenvalue weighted by Crippen LogP contribution is -2.07. The van der Waals surface area contributed by atoms with E-state index in [9.17, 15) is 13.2 Å². The third kappa shape index (κ3) is 3.35. The highest BCUT2D eigenvalue weighted by atomic mass is 19.4. The number of pyridine rings is 1. The SMILES string of the molecule is CCC#CCn1ncc(-c2ccc(C(F)(F)F)nc2)n1. The number of halogens is 3. The molecule has 0 aromatic carbocycles. The van der Waals surface area contributed by atoms with Crippen LogP contribution < -0.4 is 0 Å². The zero-order valence-electron chi connectivity index (χ0n) is 10.6. The maximum absolute atomic E-state index is 12.4. The number of hydrogen-bond acceptors (Lipinski definition) is 3. The van der Waals surface area contributed by atoms with E-state index in [-0.39, 0.29) is 0 Å². The second-order valence-corrected chi connectivity index (χ2v) is 3.90. The highest BCUT2D eigenvalue weighted by Gasteiger charge is 2.32. The average molecular weight is 280 g/mol. The van der Waals surface area contributed by atoms with Gasteiger partial charge in [-0.2, -0.15) is 28.2 Å². The Hall–Kier alpha value is -2.36. The van der Waals surface area contributed by atoms with Gasteiger partial charge in [-0.1, -0.05) is 12.8 Å². The summed E-state index contributed by atoms with van der Waals surface area (Å²) in [6.45, 7) is 2.28. The molecule has 20 heavy (non-hydrogen) atoms. The lowest BCUT2D eigenvalue weighted by atomic mass is 10.2. The summed E-state index contributed by atoms with van der Waals surface area (Å²) in [5.74, 6) is 5.75. The highest BCUT2D eigenvalue weighted by molar-refractivity contribution is 5.56. The molecule has 0 bridgehead atoms. The van der Waals surface area contributed by atoms with E-state index in [0.29, 0.717) is 17.8 Å². The zero-order valence-corrected chi connectivity index (χ0v) is 10.6. The van der Waals surface area contributed by atoms with Gasteiger partial charge >= 0.3 is 6.18 Å². The maximum Gasteiger partial charge on any atom is 0.433 e. The van der Waals surface area contributed by atoms with Crippen molar-refractivity contribution in [2.75, 3.05) is 0 Å². The number of alkyl halides is 3. The summed E-state index contributed by atoms with van der Waals surface area (Å²) < 4.78 is 37.2. The van der Waals surface area contributed by atoms with Gasteiger partial charge in [-0.3, -0.25) is 4.98 Å². The van der Waals surface area contributed by atoms with Crippen LogP contribution in [0.3, 0.4) is 0 Å². The average Bonchev–Trinajstić information content (AvgIpc) is 2.87. The first-order valence-electron chi connectivity index (χ1n) is 5.90. The second-order valence-electron chi connectivity index (χ2n) is 3.90. The van der Waals surface area contributed by atoms with E-state index in [1.54, 1.807) is 0 Å². The molecule has 0 aliphatic heterocycles. The molecule has 0 unspecified atom stereocenters. The smallest absolute Gasteiger partial charge is 0.251 e. The molecule has 0 saturated carbocycles. The molecule has 0 fully saturated rings. The summed E-state index contributed by atoms with van der Waals surface area (Å²) in [6, 6.07) is 2.24. The van der Waals surface area contributed by atoms with Gasteiger partial charge in [0.15, 0.2) is 0 Å². The molecule has 7 heteroatoms. The van der Waals surface area contributed by atoms with E-state index in [0.717, 1.165) is 18.7 Å². The maximum atomic E-state index is 12.4. The summed E-state index contributed by atoms with van der Waals surface area (Å²) in [5.41, 5.74) is 0.0136. The van der Waals surface area contributed by atoms with E-state index in [1.807, 2.05) is 6.92 Å².